The SMILES string of the molecule is Cc1c(NC(=S)Nc2ccn(Cc3c(Cl)cccc3Cl)n2)cnn1C. The molecule has 1 aromatic carbocycles. The van der Waals surface area contributed by atoms with Crippen LogP contribution < -0.4 is 10.6 Å². The number of hydrogen-bond donors (Lipinski definition) is 2. The molecule has 25 heavy (non-hydrogen) atoms. The van der Waals surface area contributed by atoms with Gasteiger partial charge >= 0.3 is 0 Å². The fraction of sp³-hybridized carbons (Fsp3) is 0.188. The van der Waals surface area contributed by atoms with Gasteiger partial charge in [-0.05, 0) is 31.3 Å². The van der Waals surface area contributed by atoms with Gasteiger partial charge in [-0.15, -0.1) is 0 Å². The molecule has 0 spiro atoms. The summed E-state index contributed by atoms with van der Waals surface area (Å²) >= 11 is 17.7. The number of nitrogens with one attached hydrogen (secondary N) is 2. The smallest absolute Gasteiger partial charge is 0.176 e. The molecule has 2 heterocycles. The van der Waals surface area contributed by atoms with E-state index in [4.69, 9.17) is 35.4 Å². The fourth-order valence-corrected chi connectivity index (χ4v) is 2.98. The van der Waals surface area contributed by atoms with Crippen LogP contribution in [-0.4, -0.2) is 24.7 Å². The number of nitrogens with zero attached hydrogens (tertiary/aromatic N) is 4. The number of aryl methyl sites for hydroxylation is 1. The lowest BCUT2D eigenvalue weighted by molar-refractivity contribution is 0.690. The van der Waals surface area contributed by atoms with Crippen LogP contribution in [0.1, 0.15) is 11.3 Å². The van der Waals surface area contributed by atoms with E-state index in [0.717, 1.165) is 16.9 Å². The molecule has 0 unspecified atom stereocenters. The molecule has 3 rings (SSSR count). The van der Waals surface area contributed by atoms with E-state index >= 15 is 0 Å². The maximum absolute atomic E-state index is 6.20. The molecule has 2 N–H and O–H groups in total. The minimum absolute atomic E-state index is 0.442. The lowest BCUT2D eigenvalue weighted by Gasteiger charge is -2.08. The molecule has 0 fully saturated rings. The Balaban J connectivity index is 1.65. The van der Waals surface area contributed by atoms with E-state index in [1.807, 2.05) is 32.3 Å². The minimum atomic E-state index is 0.442. The molecule has 2 aromatic heterocycles. The van der Waals surface area contributed by atoms with E-state index in [-0.39, 0.29) is 0 Å². The van der Waals surface area contributed by atoms with E-state index in [1.165, 1.54) is 0 Å². The molecule has 0 saturated carbocycles. The predicted octanol–water partition coefficient (Wildman–Crippen LogP) is 4.09. The molecule has 0 atom stereocenters. The molecule has 0 aliphatic heterocycles. The second kappa shape index (κ2) is 7.43. The summed E-state index contributed by atoms with van der Waals surface area (Å²) in [6.07, 6.45) is 3.56. The average molecular weight is 395 g/mol. The first-order valence-electron chi connectivity index (χ1n) is 7.47. The molecular weight excluding hydrogens is 379 g/mol. The molecule has 3 aromatic rings. The second-order valence-corrected chi connectivity index (χ2v) is 6.67. The highest BCUT2D eigenvalue weighted by atomic mass is 35.5. The molecule has 0 saturated heterocycles. The van der Waals surface area contributed by atoms with Gasteiger partial charge in [-0.25, -0.2) is 0 Å². The van der Waals surface area contributed by atoms with Crippen molar-refractivity contribution in [3.63, 3.8) is 0 Å². The zero-order valence-electron chi connectivity index (χ0n) is 13.6. The lowest BCUT2D eigenvalue weighted by atomic mass is 10.2. The Bertz CT molecular complexity index is 897. The van der Waals surface area contributed by atoms with Gasteiger partial charge in [-0.1, -0.05) is 29.3 Å². The van der Waals surface area contributed by atoms with Crippen molar-refractivity contribution in [2.45, 2.75) is 13.5 Å². The zero-order valence-corrected chi connectivity index (χ0v) is 16.0. The van der Waals surface area contributed by atoms with Crippen molar-refractivity contribution < 1.29 is 0 Å². The maximum atomic E-state index is 6.20. The summed E-state index contributed by atoms with van der Waals surface area (Å²) in [6.45, 7) is 2.43. The van der Waals surface area contributed by atoms with Crippen LogP contribution in [0.2, 0.25) is 10.0 Å². The highest BCUT2D eigenvalue weighted by Gasteiger charge is 2.09. The summed E-state index contributed by atoms with van der Waals surface area (Å²) in [5, 5.41) is 16.4. The van der Waals surface area contributed by atoms with Gasteiger partial charge in [0.25, 0.3) is 0 Å². The van der Waals surface area contributed by atoms with E-state index in [1.54, 1.807) is 27.7 Å². The van der Waals surface area contributed by atoms with Crippen LogP contribution >= 0.6 is 35.4 Å². The van der Waals surface area contributed by atoms with Gasteiger partial charge in [0.2, 0.25) is 0 Å². The number of anilines is 2. The summed E-state index contributed by atoms with van der Waals surface area (Å²) in [5.41, 5.74) is 2.66. The van der Waals surface area contributed by atoms with Crippen LogP contribution in [0, 0.1) is 6.92 Å². The number of halogens is 2. The largest absolute Gasteiger partial charge is 0.330 e. The van der Waals surface area contributed by atoms with E-state index < -0.39 is 0 Å². The summed E-state index contributed by atoms with van der Waals surface area (Å²) in [7, 11) is 1.87. The third kappa shape index (κ3) is 4.12. The first kappa shape index (κ1) is 17.7. The molecule has 0 amide bonds. The maximum Gasteiger partial charge on any atom is 0.176 e. The van der Waals surface area contributed by atoms with Crippen molar-refractivity contribution >= 4 is 52.0 Å². The van der Waals surface area contributed by atoms with Crippen molar-refractivity contribution in [2.75, 3.05) is 10.6 Å². The van der Waals surface area contributed by atoms with Crippen molar-refractivity contribution in [1.82, 2.24) is 19.6 Å². The molecule has 0 aliphatic rings. The quantitative estimate of drug-likeness (QED) is 0.652. The molecule has 6 nitrogen and oxygen atoms in total. The number of aromatic nitrogens is 4. The molecule has 0 bridgehead atoms. The Kier molecular flexibility index (Phi) is 5.27. The van der Waals surface area contributed by atoms with Crippen LogP contribution in [0.5, 0.6) is 0 Å². The number of thiocarbonyl (C=S) groups is 1. The van der Waals surface area contributed by atoms with Gasteiger partial charge in [0.05, 0.1) is 24.1 Å². The highest BCUT2D eigenvalue weighted by Crippen LogP contribution is 2.25. The molecule has 130 valence electrons. The van der Waals surface area contributed by atoms with Crippen molar-refractivity contribution in [2.24, 2.45) is 7.05 Å². The van der Waals surface area contributed by atoms with Crippen LogP contribution in [-0.2, 0) is 13.6 Å². The average Bonchev–Trinajstić information content (AvgIpc) is 3.12. The van der Waals surface area contributed by atoms with E-state index in [9.17, 15) is 0 Å². The van der Waals surface area contributed by atoms with Crippen LogP contribution in [0.15, 0.2) is 36.7 Å². The Morgan fingerprint density at radius 2 is 1.92 bits per heavy atom. The molecule has 0 aliphatic carbocycles. The van der Waals surface area contributed by atoms with Crippen LogP contribution in [0.3, 0.4) is 0 Å². The van der Waals surface area contributed by atoms with Gasteiger partial charge < -0.3 is 10.6 Å². The summed E-state index contributed by atoms with van der Waals surface area (Å²) in [4.78, 5) is 0. The highest BCUT2D eigenvalue weighted by molar-refractivity contribution is 7.80. The number of benzene rings is 1. The summed E-state index contributed by atoms with van der Waals surface area (Å²) in [5.74, 6) is 0.627. The van der Waals surface area contributed by atoms with Crippen LogP contribution in [0.4, 0.5) is 11.5 Å². The van der Waals surface area contributed by atoms with Gasteiger partial charge in [-0.2, -0.15) is 10.2 Å². The number of rotatable bonds is 4. The van der Waals surface area contributed by atoms with Gasteiger partial charge in [0, 0.05) is 34.9 Å². The Morgan fingerprint density at radius 3 is 2.56 bits per heavy atom. The van der Waals surface area contributed by atoms with Gasteiger partial charge in [-0.3, -0.25) is 9.36 Å². The normalized spacial score (nSPS) is 10.7. The fourth-order valence-electron chi connectivity index (χ4n) is 2.25. The lowest BCUT2D eigenvalue weighted by Crippen LogP contribution is -2.20. The van der Waals surface area contributed by atoms with Crippen molar-refractivity contribution in [3.8, 4) is 0 Å². The second-order valence-electron chi connectivity index (χ2n) is 5.45. The molecule has 9 heteroatoms. The third-order valence-electron chi connectivity index (χ3n) is 3.75. The van der Waals surface area contributed by atoms with Crippen LogP contribution in [0.25, 0.3) is 0 Å². The predicted molar refractivity (Wildman–Crippen MR) is 106 cm³/mol. The zero-order chi connectivity index (χ0) is 18.0. The van der Waals surface area contributed by atoms with Crippen molar-refractivity contribution in [3.05, 3.63) is 58.0 Å². The first-order chi connectivity index (χ1) is 11.9. The van der Waals surface area contributed by atoms with E-state index in [2.05, 4.69) is 20.8 Å². The third-order valence-corrected chi connectivity index (χ3v) is 4.66. The van der Waals surface area contributed by atoms with Gasteiger partial charge in [0.1, 0.15) is 0 Å². The molecular formula is C16H16Cl2N6S. The minimum Gasteiger partial charge on any atom is -0.330 e. The Hall–Kier alpha value is -2.09. The topological polar surface area (TPSA) is 59.7 Å². The first-order valence-corrected chi connectivity index (χ1v) is 8.63. The monoisotopic (exact) mass is 394 g/mol. The Morgan fingerprint density at radius 1 is 1.20 bits per heavy atom. The molecule has 0 radical (unpaired) electrons. The summed E-state index contributed by atoms with van der Waals surface area (Å²) < 4.78 is 3.51. The van der Waals surface area contributed by atoms with E-state index in [0.29, 0.717) is 27.5 Å². The van der Waals surface area contributed by atoms with Gasteiger partial charge in [0.15, 0.2) is 10.9 Å². The van der Waals surface area contributed by atoms with Crippen molar-refractivity contribution in [1.29, 1.82) is 0 Å². The number of hydrogen-bond acceptors (Lipinski definition) is 3. The summed E-state index contributed by atoms with van der Waals surface area (Å²) in [6, 6.07) is 7.25. The standard InChI is InChI=1S/C16H16Cl2N6S/c1-10-14(8-19-23(10)2)20-16(25)21-15-6-7-24(22-15)9-11-12(17)4-3-5-13(11)18/h3-8H,9H2,1-2H3,(H2,20,21,22,25). The Labute approximate surface area is 160 Å².